The second-order valence-corrected chi connectivity index (χ2v) is 7.90. The van der Waals surface area contributed by atoms with Crippen LogP contribution in [0.1, 0.15) is 17.0 Å². The number of rotatable bonds is 11. The van der Waals surface area contributed by atoms with Gasteiger partial charge in [0.25, 0.3) is 0 Å². The topological polar surface area (TPSA) is 85.8 Å². The molecule has 0 bridgehead atoms. The Morgan fingerprint density at radius 3 is 2.59 bits per heavy atom. The van der Waals surface area contributed by atoms with E-state index in [1.807, 2.05) is 49.5 Å². The monoisotopic (exact) mass is 456 g/mol. The van der Waals surface area contributed by atoms with Gasteiger partial charge in [-0.2, -0.15) is 4.37 Å². The second-order valence-electron chi connectivity index (χ2n) is 7.17. The van der Waals surface area contributed by atoms with Crippen molar-refractivity contribution in [3.8, 4) is 17.2 Å². The third-order valence-corrected chi connectivity index (χ3v) is 5.71. The van der Waals surface area contributed by atoms with E-state index in [2.05, 4.69) is 14.7 Å². The summed E-state index contributed by atoms with van der Waals surface area (Å²) in [6.07, 6.45) is 1.30. The van der Waals surface area contributed by atoms with Gasteiger partial charge in [-0.25, -0.2) is 4.98 Å². The molecule has 0 fully saturated rings. The summed E-state index contributed by atoms with van der Waals surface area (Å²) in [5.74, 6) is 2.82. The molecule has 2 aromatic carbocycles. The summed E-state index contributed by atoms with van der Waals surface area (Å²) in [6, 6.07) is 13.6. The van der Waals surface area contributed by atoms with Gasteiger partial charge in [0.2, 0.25) is 11.0 Å². The van der Waals surface area contributed by atoms with Gasteiger partial charge in [-0.05, 0) is 41.8 Å². The lowest BCUT2D eigenvalue weighted by Gasteiger charge is -2.15. The number of nitrogens with zero attached hydrogens (tertiary/aromatic N) is 3. The fraction of sp³-hybridized carbons (Fsp3) is 0.348. The summed E-state index contributed by atoms with van der Waals surface area (Å²) in [5.41, 5.74) is 2.13. The number of likely N-dealkylation sites (N-methyl/N-ethyl adjacent to an activating group) is 1. The van der Waals surface area contributed by atoms with Crippen molar-refractivity contribution in [2.24, 2.45) is 0 Å². The van der Waals surface area contributed by atoms with Crippen LogP contribution in [0.2, 0.25) is 0 Å². The molecule has 170 valence electrons. The summed E-state index contributed by atoms with van der Waals surface area (Å²) >= 11 is 1.28. The number of carbonyl (C=O) groups is 1. The summed E-state index contributed by atoms with van der Waals surface area (Å²) in [7, 11) is 6.69. The van der Waals surface area contributed by atoms with Crippen molar-refractivity contribution in [3.63, 3.8) is 0 Å². The van der Waals surface area contributed by atoms with Crippen molar-refractivity contribution >= 4 is 22.6 Å². The lowest BCUT2D eigenvalue weighted by molar-refractivity contribution is -0.119. The summed E-state index contributed by atoms with van der Waals surface area (Å²) < 4.78 is 20.3. The Morgan fingerprint density at radius 1 is 1.03 bits per heavy atom. The molecule has 9 heteroatoms. The van der Waals surface area contributed by atoms with Gasteiger partial charge in [-0.15, -0.1) is 0 Å². The minimum absolute atomic E-state index is 0.0717. The molecule has 3 aromatic rings. The van der Waals surface area contributed by atoms with Crippen LogP contribution in [0.5, 0.6) is 17.2 Å². The quantitative estimate of drug-likeness (QED) is 0.475. The number of aromatic nitrogens is 2. The van der Waals surface area contributed by atoms with E-state index < -0.39 is 0 Å². The van der Waals surface area contributed by atoms with E-state index in [9.17, 15) is 4.79 Å². The highest BCUT2D eigenvalue weighted by molar-refractivity contribution is 7.09. The standard InChI is InChI=1S/C23H28N4O4S/c1-27(23-25-21(26-32-23)14-17-6-5-7-18(12-17)29-2)15-22(28)24-11-10-16-8-9-19(30-3)20(13-16)31-4/h5-9,12-13H,10-11,14-15H2,1-4H3,(H,24,28). The van der Waals surface area contributed by atoms with Crippen LogP contribution in [0.25, 0.3) is 0 Å². The summed E-state index contributed by atoms with van der Waals surface area (Å²) in [5, 5.41) is 3.65. The minimum atomic E-state index is -0.0717. The van der Waals surface area contributed by atoms with Crippen molar-refractivity contribution < 1.29 is 19.0 Å². The van der Waals surface area contributed by atoms with Crippen LogP contribution in [0.15, 0.2) is 42.5 Å². The van der Waals surface area contributed by atoms with Crippen LogP contribution in [0.4, 0.5) is 5.13 Å². The Morgan fingerprint density at radius 2 is 1.84 bits per heavy atom. The number of hydrogen-bond donors (Lipinski definition) is 1. The van der Waals surface area contributed by atoms with Crippen LogP contribution in [-0.4, -0.2) is 56.7 Å². The first kappa shape index (κ1) is 23.3. The highest BCUT2D eigenvalue weighted by atomic mass is 32.1. The van der Waals surface area contributed by atoms with Gasteiger partial charge >= 0.3 is 0 Å². The maximum atomic E-state index is 12.4. The summed E-state index contributed by atoms with van der Waals surface area (Å²) in [6.45, 7) is 0.735. The van der Waals surface area contributed by atoms with E-state index >= 15 is 0 Å². The molecule has 32 heavy (non-hydrogen) atoms. The number of anilines is 1. The fourth-order valence-electron chi connectivity index (χ4n) is 3.16. The predicted octanol–water partition coefficient (Wildman–Crippen LogP) is 2.95. The minimum Gasteiger partial charge on any atom is -0.497 e. The van der Waals surface area contributed by atoms with Gasteiger partial charge < -0.3 is 24.4 Å². The van der Waals surface area contributed by atoms with E-state index in [4.69, 9.17) is 14.2 Å². The molecule has 1 amide bonds. The Balaban J connectivity index is 1.47. The molecule has 0 radical (unpaired) electrons. The van der Waals surface area contributed by atoms with E-state index in [0.717, 1.165) is 22.7 Å². The van der Waals surface area contributed by atoms with Gasteiger partial charge in [0.15, 0.2) is 11.5 Å². The van der Waals surface area contributed by atoms with Crippen molar-refractivity contribution in [1.82, 2.24) is 14.7 Å². The highest BCUT2D eigenvalue weighted by Crippen LogP contribution is 2.27. The maximum absolute atomic E-state index is 12.4. The number of ether oxygens (including phenoxy) is 3. The summed E-state index contributed by atoms with van der Waals surface area (Å²) in [4.78, 5) is 18.7. The molecular weight excluding hydrogens is 428 g/mol. The number of hydrogen-bond acceptors (Lipinski definition) is 8. The first-order chi connectivity index (χ1) is 15.5. The molecule has 0 aliphatic rings. The molecule has 1 aromatic heterocycles. The van der Waals surface area contributed by atoms with Gasteiger partial charge in [0.1, 0.15) is 11.6 Å². The smallest absolute Gasteiger partial charge is 0.239 e. The van der Waals surface area contributed by atoms with Gasteiger partial charge in [-0.1, -0.05) is 18.2 Å². The van der Waals surface area contributed by atoms with Crippen LogP contribution in [0.3, 0.4) is 0 Å². The first-order valence-electron chi connectivity index (χ1n) is 10.2. The molecule has 1 N–H and O–H groups in total. The zero-order chi connectivity index (χ0) is 22.9. The fourth-order valence-corrected chi connectivity index (χ4v) is 3.80. The first-order valence-corrected chi connectivity index (χ1v) is 10.9. The van der Waals surface area contributed by atoms with Crippen LogP contribution in [-0.2, 0) is 17.6 Å². The molecule has 0 spiro atoms. The number of methoxy groups -OCH3 is 3. The molecule has 0 saturated heterocycles. The molecule has 0 atom stereocenters. The lowest BCUT2D eigenvalue weighted by Crippen LogP contribution is -2.36. The number of amides is 1. The van der Waals surface area contributed by atoms with Crippen LogP contribution >= 0.6 is 11.5 Å². The zero-order valence-corrected chi connectivity index (χ0v) is 19.6. The zero-order valence-electron chi connectivity index (χ0n) is 18.8. The molecular formula is C23H28N4O4S. The molecule has 3 rings (SSSR count). The van der Waals surface area contributed by atoms with Gasteiger partial charge in [0, 0.05) is 31.5 Å². The van der Waals surface area contributed by atoms with E-state index in [1.54, 1.807) is 26.2 Å². The molecule has 0 saturated carbocycles. The third-order valence-electron chi connectivity index (χ3n) is 4.84. The number of nitrogens with one attached hydrogen (secondary N) is 1. The average molecular weight is 457 g/mol. The molecule has 0 aliphatic heterocycles. The van der Waals surface area contributed by atoms with E-state index in [1.165, 1.54) is 11.5 Å². The molecule has 1 heterocycles. The van der Waals surface area contributed by atoms with Crippen LogP contribution in [0, 0.1) is 0 Å². The van der Waals surface area contributed by atoms with Gasteiger partial charge in [0.05, 0.1) is 27.9 Å². The van der Waals surface area contributed by atoms with Crippen LogP contribution < -0.4 is 24.4 Å². The third kappa shape index (κ3) is 6.34. The van der Waals surface area contributed by atoms with Crippen molar-refractivity contribution in [3.05, 3.63) is 59.4 Å². The number of benzene rings is 2. The Hall–Kier alpha value is -3.33. The van der Waals surface area contributed by atoms with E-state index in [0.29, 0.717) is 36.0 Å². The SMILES string of the molecule is COc1cccc(Cc2nsc(N(C)CC(=O)NCCc3ccc(OC)c(OC)c3)n2)c1. The normalized spacial score (nSPS) is 10.5. The van der Waals surface area contributed by atoms with Crippen molar-refractivity contribution in [1.29, 1.82) is 0 Å². The lowest BCUT2D eigenvalue weighted by atomic mass is 10.1. The average Bonchev–Trinajstić information content (AvgIpc) is 3.27. The van der Waals surface area contributed by atoms with E-state index in [-0.39, 0.29) is 12.5 Å². The molecule has 8 nitrogen and oxygen atoms in total. The van der Waals surface area contributed by atoms with Gasteiger partial charge in [-0.3, -0.25) is 4.79 Å². The Labute approximate surface area is 192 Å². The molecule has 0 aliphatic carbocycles. The Kier molecular flexibility index (Phi) is 8.27. The van der Waals surface area contributed by atoms with Crippen molar-refractivity contribution in [2.45, 2.75) is 12.8 Å². The van der Waals surface area contributed by atoms with Crippen molar-refractivity contribution in [2.75, 3.05) is 46.4 Å². The highest BCUT2D eigenvalue weighted by Gasteiger charge is 2.13. The predicted molar refractivity (Wildman–Crippen MR) is 125 cm³/mol. The number of carbonyl (C=O) groups excluding carboxylic acids is 1. The molecule has 0 unspecified atom stereocenters. The Bertz CT molecular complexity index is 1040. The maximum Gasteiger partial charge on any atom is 0.239 e. The second kappa shape index (κ2) is 11.3. The largest absolute Gasteiger partial charge is 0.497 e.